The van der Waals surface area contributed by atoms with E-state index < -0.39 is 72.3 Å². The molecule has 0 unspecified atom stereocenters. The van der Waals surface area contributed by atoms with Gasteiger partial charge in [0, 0.05) is 23.3 Å². The summed E-state index contributed by atoms with van der Waals surface area (Å²) in [5, 5.41) is 21.9. The number of primary amides is 1. The predicted molar refractivity (Wildman–Crippen MR) is 219 cm³/mol. The summed E-state index contributed by atoms with van der Waals surface area (Å²) in [6.45, 7) is 5.35. The largest absolute Gasteiger partial charge is 0.480 e. The SMILES string of the molecule is CSCC[C@H](NC(=O)[C@H](Cc1ccccc1)NC(=O)[C@H](CCC(N)=O)NC(=O)OCc1ccccc1)C(=O)N[C@@H](CSSSC(C)(C)C)C(=O)NCC(=O)O. The summed E-state index contributed by atoms with van der Waals surface area (Å²) < 4.78 is 5.19. The zero-order valence-corrected chi connectivity index (χ0v) is 34.4. The van der Waals surface area contributed by atoms with Crippen LogP contribution in [0.15, 0.2) is 60.7 Å². The monoisotopic (exact) mass is 838 g/mol. The van der Waals surface area contributed by atoms with Gasteiger partial charge in [0.1, 0.15) is 37.3 Å². The fourth-order valence-corrected chi connectivity index (χ4v) is 9.79. The van der Waals surface area contributed by atoms with Crippen molar-refractivity contribution < 1.29 is 43.4 Å². The number of benzene rings is 2. The fourth-order valence-electron chi connectivity index (χ4n) is 4.53. The Labute approximate surface area is 337 Å². The standard InChI is InChI=1S/C36H50N6O9S4/c1-36(2,3)54-55-53-22-28(31(46)38-20-30(44)45)41-33(48)26(17-18-52-4)39-34(49)27(19-23-11-7-5-8-12-23)40-32(47)25(15-16-29(37)43)42-35(50)51-21-24-13-9-6-10-14-24/h5-14,25-28H,15-22H2,1-4H3,(H2,37,43)(H,38,46)(H,39,49)(H,40,47)(H,41,48)(H,42,50)(H,44,45)/t25-,26-,27-,28-/m0/s1. The molecule has 8 N–H and O–H groups in total. The predicted octanol–water partition coefficient (Wildman–Crippen LogP) is 3.03. The molecule has 0 heterocycles. The maximum Gasteiger partial charge on any atom is 0.408 e. The minimum absolute atomic E-state index is 0.00417. The van der Waals surface area contributed by atoms with Crippen LogP contribution in [0, 0.1) is 0 Å². The van der Waals surface area contributed by atoms with Gasteiger partial charge in [-0.05, 0) is 45.8 Å². The zero-order valence-electron chi connectivity index (χ0n) is 31.2. The number of carboxylic acids is 1. The molecule has 6 amide bonds. The van der Waals surface area contributed by atoms with Crippen LogP contribution in [0.2, 0.25) is 0 Å². The van der Waals surface area contributed by atoms with E-state index in [4.69, 9.17) is 15.6 Å². The quantitative estimate of drug-likeness (QED) is 0.0596. The zero-order chi connectivity index (χ0) is 40.8. The molecule has 0 aromatic heterocycles. The minimum Gasteiger partial charge on any atom is -0.480 e. The molecule has 0 saturated carbocycles. The van der Waals surface area contributed by atoms with Crippen molar-refractivity contribution in [2.24, 2.45) is 5.73 Å². The number of hydrogen-bond donors (Lipinski definition) is 7. The van der Waals surface area contributed by atoms with E-state index in [0.717, 1.165) is 0 Å². The van der Waals surface area contributed by atoms with Gasteiger partial charge < -0.3 is 42.2 Å². The topological polar surface area (TPSA) is 235 Å². The maximum atomic E-state index is 14.0. The number of aliphatic carboxylic acids is 1. The van der Waals surface area contributed by atoms with E-state index in [0.29, 0.717) is 16.9 Å². The van der Waals surface area contributed by atoms with E-state index in [1.54, 1.807) is 71.5 Å². The first-order valence-corrected chi connectivity index (χ1v) is 22.3. The van der Waals surface area contributed by atoms with Crippen LogP contribution < -0.4 is 32.3 Å². The van der Waals surface area contributed by atoms with Crippen LogP contribution in [0.25, 0.3) is 0 Å². The number of amides is 6. The molecule has 0 aliphatic carbocycles. The van der Waals surface area contributed by atoms with Gasteiger partial charge in [-0.1, -0.05) is 103 Å². The van der Waals surface area contributed by atoms with Crippen molar-refractivity contribution in [1.29, 1.82) is 0 Å². The van der Waals surface area contributed by atoms with Crippen molar-refractivity contribution in [2.45, 2.75) is 82.0 Å². The minimum atomic E-state index is -1.31. The van der Waals surface area contributed by atoms with Crippen LogP contribution >= 0.6 is 43.2 Å². The first-order valence-electron chi connectivity index (χ1n) is 17.2. The van der Waals surface area contributed by atoms with Gasteiger partial charge in [0.2, 0.25) is 29.5 Å². The molecule has 0 saturated heterocycles. The number of carbonyl (C=O) groups is 7. The highest BCUT2D eigenvalue weighted by atomic mass is 33.5. The molecule has 2 aromatic rings. The smallest absolute Gasteiger partial charge is 0.408 e. The van der Waals surface area contributed by atoms with E-state index in [1.807, 2.05) is 27.0 Å². The summed E-state index contributed by atoms with van der Waals surface area (Å²) in [4.78, 5) is 89.9. The first-order chi connectivity index (χ1) is 26.1. The number of alkyl carbamates (subject to hydrolysis) is 1. The normalized spacial score (nSPS) is 13.2. The molecule has 19 heteroatoms. The molecule has 0 spiro atoms. The number of carboxylic acid groups (broad SMARTS) is 1. The first kappa shape index (κ1) is 47.1. The average Bonchev–Trinajstić information content (AvgIpc) is 3.14. The van der Waals surface area contributed by atoms with Gasteiger partial charge in [-0.3, -0.25) is 28.8 Å². The van der Waals surface area contributed by atoms with Gasteiger partial charge in [0.05, 0.1) is 0 Å². The van der Waals surface area contributed by atoms with Crippen molar-refractivity contribution in [3.63, 3.8) is 0 Å². The van der Waals surface area contributed by atoms with Gasteiger partial charge >= 0.3 is 12.1 Å². The van der Waals surface area contributed by atoms with Crippen LogP contribution in [0.4, 0.5) is 4.79 Å². The van der Waals surface area contributed by atoms with E-state index in [2.05, 4.69) is 26.6 Å². The average molecular weight is 839 g/mol. The summed E-state index contributed by atoms with van der Waals surface area (Å²) in [6, 6.07) is 12.8. The molecule has 0 aliphatic rings. The van der Waals surface area contributed by atoms with Gasteiger partial charge in [-0.2, -0.15) is 11.8 Å². The Morgan fingerprint density at radius 2 is 1.29 bits per heavy atom. The molecule has 0 radical (unpaired) electrons. The molecule has 2 aromatic carbocycles. The highest BCUT2D eigenvalue weighted by molar-refractivity contribution is 9.09. The third kappa shape index (κ3) is 20.4. The van der Waals surface area contributed by atoms with Crippen molar-refractivity contribution >= 4 is 84.8 Å². The van der Waals surface area contributed by atoms with Crippen LogP contribution in [-0.4, -0.2) is 99.9 Å². The molecule has 0 bridgehead atoms. The lowest BCUT2D eigenvalue weighted by molar-refractivity contribution is -0.138. The summed E-state index contributed by atoms with van der Waals surface area (Å²) in [6.07, 6.45) is 0.609. The third-order valence-electron chi connectivity index (χ3n) is 7.27. The number of thioether (sulfide) groups is 1. The molecule has 4 atom stereocenters. The fraction of sp³-hybridized carbons (Fsp3) is 0.472. The van der Waals surface area contributed by atoms with Gasteiger partial charge in [-0.25, -0.2) is 4.79 Å². The van der Waals surface area contributed by atoms with E-state index in [1.165, 1.54) is 32.4 Å². The summed E-state index contributed by atoms with van der Waals surface area (Å²) in [7, 11) is 4.30. The Morgan fingerprint density at radius 1 is 0.745 bits per heavy atom. The summed E-state index contributed by atoms with van der Waals surface area (Å²) >= 11 is 1.43. The second-order valence-electron chi connectivity index (χ2n) is 13.1. The van der Waals surface area contributed by atoms with Crippen molar-refractivity contribution in [1.82, 2.24) is 26.6 Å². The van der Waals surface area contributed by atoms with Crippen molar-refractivity contribution in [2.75, 3.05) is 24.3 Å². The molecule has 15 nitrogen and oxygen atoms in total. The highest BCUT2D eigenvalue weighted by Gasteiger charge is 2.32. The molecular formula is C36H50N6O9S4. The Morgan fingerprint density at radius 3 is 1.85 bits per heavy atom. The number of nitrogens with one attached hydrogen (secondary N) is 5. The Bertz CT molecular complexity index is 1570. The second kappa shape index (κ2) is 25.2. The third-order valence-corrected chi connectivity index (χ3v) is 12.9. The molecule has 2 rings (SSSR count). The Hall–Kier alpha value is -4.07. The van der Waals surface area contributed by atoms with Gasteiger partial charge in [0.25, 0.3) is 0 Å². The number of nitrogens with two attached hydrogens (primary N) is 1. The molecule has 0 fully saturated rings. The highest BCUT2D eigenvalue weighted by Crippen LogP contribution is 2.43. The number of hydrogen-bond acceptors (Lipinski definition) is 12. The lowest BCUT2D eigenvalue weighted by atomic mass is 10.0. The van der Waals surface area contributed by atoms with Crippen molar-refractivity contribution in [3.8, 4) is 0 Å². The maximum absolute atomic E-state index is 14.0. The molecule has 55 heavy (non-hydrogen) atoms. The Kier molecular flexibility index (Phi) is 21.5. The summed E-state index contributed by atoms with van der Waals surface area (Å²) in [5.74, 6) is -4.32. The van der Waals surface area contributed by atoms with Crippen LogP contribution in [0.3, 0.4) is 0 Å². The van der Waals surface area contributed by atoms with Gasteiger partial charge in [-0.15, -0.1) is 0 Å². The van der Waals surface area contributed by atoms with Gasteiger partial charge in [0.15, 0.2) is 0 Å². The van der Waals surface area contributed by atoms with E-state index >= 15 is 0 Å². The molecular weight excluding hydrogens is 789 g/mol. The lowest BCUT2D eigenvalue weighted by Crippen LogP contribution is -2.59. The lowest BCUT2D eigenvalue weighted by Gasteiger charge is -2.26. The van der Waals surface area contributed by atoms with Crippen LogP contribution in [-0.2, 0) is 46.5 Å². The van der Waals surface area contributed by atoms with E-state index in [-0.39, 0.29) is 42.8 Å². The van der Waals surface area contributed by atoms with E-state index in [9.17, 15) is 33.6 Å². The summed E-state index contributed by atoms with van der Waals surface area (Å²) in [5.41, 5.74) is 6.73. The molecule has 0 aliphatic heterocycles. The van der Waals surface area contributed by atoms with Crippen molar-refractivity contribution in [3.05, 3.63) is 71.8 Å². The number of rotatable bonds is 24. The number of carbonyl (C=O) groups excluding carboxylic acids is 6. The molecule has 302 valence electrons. The Balaban J connectivity index is 2.29. The second-order valence-corrected chi connectivity index (χ2v) is 19.0. The van der Waals surface area contributed by atoms with Crippen LogP contribution in [0.5, 0.6) is 0 Å². The number of ether oxygens (including phenoxy) is 1. The van der Waals surface area contributed by atoms with Crippen LogP contribution in [0.1, 0.15) is 51.2 Å².